The van der Waals surface area contributed by atoms with Gasteiger partial charge >= 0.3 is 0 Å². The lowest BCUT2D eigenvalue weighted by Gasteiger charge is -2.17. The van der Waals surface area contributed by atoms with Crippen molar-refractivity contribution in [3.63, 3.8) is 0 Å². The van der Waals surface area contributed by atoms with E-state index in [1.807, 2.05) is 0 Å². The van der Waals surface area contributed by atoms with Gasteiger partial charge in [0.15, 0.2) is 0 Å². The second-order valence-electron chi connectivity index (χ2n) is 8.61. The van der Waals surface area contributed by atoms with Gasteiger partial charge in [-0.25, -0.2) is 0 Å². The van der Waals surface area contributed by atoms with Gasteiger partial charge < -0.3 is 0 Å². The maximum absolute atomic E-state index is 6.66. The molecule has 0 nitrogen and oxygen atoms in total. The molecule has 1 aliphatic carbocycles. The molecule has 0 aliphatic heterocycles. The van der Waals surface area contributed by atoms with E-state index in [0.29, 0.717) is 0 Å². The van der Waals surface area contributed by atoms with Crippen LogP contribution in [-0.4, -0.2) is 0 Å². The summed E-state index contributed by atoms with van der Waals surface area (Å²) in [6, 6.07) is 33.1. The van der Waals surface area contributed by atoms with Gasteiger partial charge in [0.2, 0.25) is 0 Å². The van der Waals surface area contributed by atoms with Gasteiger partial charge in [-0.05, 0) is 105 Å². The molecule has 1 aliphatic rings. The predicted molar refractivity (Wildman–Crippen MR) is 134 cm³/mol. The molecule has 0 unspecified atom stereocenters. The minimum absolute atomic E-state index is 0.780. The van der Waals surface area contributed by atoms with Crippen LogP contribution in [0.1, 0.15) is 24.0 Å². The highest BCUT2D eigenvalue weighted by molar-refractivity contribution is 6.31. The Balaban J connectivity index is 1.56. The second-order valence-corrected chi connectivity index (χ2v) is 9.05. The fraction of sp³-hybridized carbons (Fsp3) is 0.133. The molecule has 0 radical (unpaired) electrons. The van der Waals surface area contributed by atoms with Crippen LogP contribution in [0, 0.1) is 0 Å². The molecule has 0 saturated heterocycles. The van der Waals surface area contributed by atoms with Gasteiger partial charge in [-0.1, -0.05) is 78.3 Å². The quantitative estimate of drug-likeness (QED) is 0.251. The maximum Gasteiger partial charge on any atom is 0.0418 e. The third-order valence-corrected chi connectivity index (χ3v) is 6.88. The first-order valence-corrected chi connectivity index (χ1v) is 11.5. The molecule has 0 N–H and O–H groups in total. The van der Waals surface area contributed by atoms with Crippen molar-refractivity contribution in [2.45, 2.75) is 25.7 Å². The van der Waals surface area contributed by atoms with E-state index < -0.39 is 0 Å². The highest BCUT2D eigenvalue weighted by Gasteiger charge is 2.13. The predicted octanol–water partition coefficient (Wildman–Crippen LogP) is 8.86. The van der Waals surface area contributed by atoms with E-state index in [0.717, 1.165) is 5.02 Å². The van der Waals surface area contributed by atoms with Gasteiger partial charge in [-0.15, -0.1) is 0 Å². The molecule has 0 saturated carbocycles. The highest BCUT2D eigenvalue weighted by Crippen LogP contribution is 2.38. The Bertz CT molecular complexity index is 1440. The van der Waals surface area contributed by atoms with Crippen LogP contribution in [0.5, 0.6) is 0 Å². The Morgan fingerprint density at radius 1 is 0.516 bits per heavy atom. The fourth-order valence-corrected chi connectivity index (χ4v) is 5.35. The van der Waals surface area contributed by atoms with Crippen LogP contribution in [0.25, 0.3) is 43.8 Å². The third-order valence-electron chi connectivity index (χ3n) is 6.66. The lowest BCUT2D eigenvalue weighted by molar-refractivity contribution is 0.686. The Kier molecular flexibility index (Phi) is 4.55. The van der Waals surface area contributed by atoms with Crippen LogP contribution >= 0.6 is 11.6 Å². The molecule has 0 atom stereocenters. The lowest BCUT2D eigenvalue weighted by atomic mass is 9.88. The molecule has 0 heterocycles. The van der Waals surface area contributed by atoms with Crippen molar-refractivity contribution in [2.75, 3.05) is 0 Å². The van der Waals surface area contributed by atoms with Crippen LogP contribution in [0.2, 0.25) is 5.02 Å². The van der Waals surface area contributed by atoms with Crippen molar-refractivity contribution in [1.82, 2.24) is 0 Å². The Morgan fingerprint density at radius 2 is 1.23 bits per heavy atom. The number of aryl methyl sites for hydroxylation is 2. The Morgan fingerprint density at radius 3 is 2.10 bits per heavy atom. The summed E-state index contributed by atoms with van der Waals surface area (Å²) < 4.78 is 0. The number of rotatable bonds is 2. The molecule has 0 spiro atoms. The summed E-state index contributed by atoms with van der Waals surface area (Å²) in [4.78, 5) is 0. The first-order chi connectivity index (χ1) is 15.3. The summed E-state index contributed by atoms with van der Waals surface area (Å²) in [6.07, 6.45) is 4.99. The van der Waals surface area contributed by atoms with E-state index in [2.05, 4.69) is 91.0 Å². The number of hydrogen-bond acceptors (Lipinski definition) is 0. The normalized spacial score (nSPS) is 13.5. The molecule has 150 valence electrons. The van der Waals surface area contributed by atoms with E-state index in [4.69, 9.17) is 11.6 Å². The van der Waals surface area contributed by atoms with Crippen molar-refractivity contribution < 1.29 is 0 Å². The van der Waals surface area contributed by atoms with Crippen molar-refractivity contribution in [3.8, 4) is 22.3 Å². The summed E-state index contributed by atoms with van der Waals surface area (Å²) in [5.74, 6) is 0. The summed E-state index contributed by atoms with van der Waals surface area (Å²) in [7, 11) is 0. The van der Waals surface area contributed by atoms with Gasteiger partial charge in [0.25, 0.3) is 0 Å². The van der Waals surface area contributed by atoms with Gasteiger partial charge in [-0.2, -0.15) is 0 Å². The first-order valence-electron chi connectivity index (χ1n) is 11.1. The lowest BCUT2D eigenvalue weighted by Crippen LogP contribution is -2.02. The van der Waals surface area contributed by atoms with Gasteiger partial charge in [0.1, 0.15) is 0 Å². The van der Waals surface area contributed by atoms with Crippen LogP contribution in [0.4, 0.5) is 0 Å². The van der Waals surface area contributed by atoms with Crippen molar-refractivity contribution >= 4 is 33.1 Å². The SMILES string of the molecule is Clc1cc(-c2ccc3c(c2)CCCC3)cc(-c2cc3ccccc3c3ccccc23)c1. The number of fused-ring (bicyclic) bond motifs is 4. The Hall–Kier alpha value is -3.09. The molecular formula is C30H23Cl. The Labute approximate surface area is 188 Å². The average Bonchev–Trinajstić information content (AvgIpc) is 2.83. The number of halogens is 1. The molecular weight excluding hydrogens is 396 g/mol. The largest absolute Gasteiger partial charge is 0.0843 e. The summed E-state index contributed by atoms with van der Waals surface area (Å²) in [6.45, 7) is 0. The molecule has 5 aromatic carbocycles. The zero-order valence-corrected chi connectivity index (χ0v) is 18.1. The van der Waals surface area contributed by atoms with Crippen LogP contribution in [0.3, 0.4) is 0 Å². The van der Waals surface area contributed by atoms with E-state index in [1.165, 1.54) is 80.6 Å². The molecule has 6 rings (SSSR count). The standard InChI is InChI=1S/C30H23Cl/c31-26-17-24(22-14-13-20-7-1-2-8-21(20)15-22)16-25(18-26)30-19-23-9-3-4-10-27(23)28-11-5-6-12-29(28)30/h3-6,9-19H,1-2,7-8H2. The second kappa shape index (κ2) is 7.55. The van der Waals surface area contributed by atoms with E-state index in [9.17, 15) is 0 Å². The van der Waals surface area contributed by atoms with Crippen LogP contribution in [-0.2, 0) is 12.8 Å². The third kappa shape index (κ3) is 3.32. The number of hydrogen-bond donors (Lipinski definition) is 0. The van der Waals surface area contributed by atoms with E-state index >= 15 is 0 Å². The first kappa shape index (κ1) is 18.7. The summed E-state index contributed by atoms with van der Waals surface area (Å²) in [5, 5.41) is 5.87. The molecule has 1 heteroatoms. The van der Waals surface area contributed by atoms with Gasteiger partial charge in [0, 0.05) is 5.02 Å². The van der Waals surface area contributed by atoms with Crippen molar-refractivity contribution in [2.24, 2.45) is 0 Å². The van der Waals surface area contributed by atoms with Crippen LogP contribution in [0.15, 0.2) is 91.0 Å². The van der Waals surface area contributed by atoms with E-state index in [1.54, 1.807) is 0 Å². The smallest absolute Gasteiger partial charge is 0.0418 e. The monoisotopic (exact) mass is 418 g/mol. The molecule has 31 heavy (non-hydrogen) atoms. The van der Waals surface area contributed by atoms with Crippen molar-refractivity contribution in [1.29, 1.82) is 0 Å². The van der Waals surface area contributed by atoms with Crippen molar-refractivity contribution in [3.05, 3.63) is 107 Å². The molecule has 5 aromatic rings. The zero-order chi connectivity index (χ0) is 20.8. The minimum Gasteiger partial charge on any atom is -0.0843 e. The summed E-state index contributed by atoms with van der Waals surface area (Å²) >= 11 is 6.66. The fourth-order valence-electron chi connectivity index (χ4n) is 5.12. The average molecular weight is 419 g/mol. The van der Waals surface area contributed by atoms with Gasteiger partial charge in [-0.3, -0.25) is 0 Å². The molecule has 0 fully saturated rings. The molecule has 0 amide bonds. The van der Waals surface area contributed by atoms with E-state index in [-0.39, 0.29) is 0 Å². The molecule has 0 aromatic heterocycles. The topological polar surface area (TPSA) is 0 Å². The van der Waals surface area contributed by atoms with Gasteiger partial charge in [0.05, 0.1) is 0 Å². The zero-order valence-electron chi connectivity index (χ0n) is 17.4. The molecule has 0 bridgehead atoms. The number of benzene rings is 5. The maximum atomic E-state index is 6.66. The highest BCUT2D eigenvalue weighted by atomic mass is 35.5. The minimum atomic E-state index is 0.780. The summed E-state index contributed by atoms with van der Waals surface area (Å²) in [5.41, 5.74) is 7.86. The van der Waals surface area contributed by atoms with Crippen LogP contribution < -0.4 is 0 Å².